The Kier molecular flexibility index (Phi) is 9.12. The van der Waals surface area contributed by atoms with Crippen LogP contribution in [0.4, 0.5) is 11.4 Å². The topological polar surface area (TPSA) is 101 Å². The highest BCUT2D eigenvalue weighted by Gasteiger charge is 2.28. The van der Waals surface area contributed by atoms with Gasteiger partial charge in [0.05, 0.1) is 19.0 Å². The fourth-order valence-corrected chi connectivity index (χ4v) is 5.01. The van der Waals surface area contributed by atoms with Crippen LogP contribution in [0.1, 0.15) is 26.7 Å². The van der Waals surface area contributed by atoms with E-state index < -0.39 is 27.3 Å². The Morgan fingerprint density at radius 3 is 2.12 bits per heavy atom. The van der Waals surface area contributed by atoms with Gasteiger partial charge in [0.25, 0.3) is 0 Å². The highest BCUT2D eigenvalue weighted by atomic mass is 32.2. The van der Waals surface area contributed by atoms with Gasteiger partial charge in [0, 0.05) is 56.4 Å². The number of carbonyl (C=O) groups is 1. The van der Waals surface area contributed by atoms with Gasteiger partial charge in [-0.3, -0.25) is 9.78 Å². The first-order chi connectivity index (χ1) is 16.3. The smallest absolute Gasteiger partial charge is 0.324 e. The molecular weight excluding hydrogens is 456 g/mol. The van der Waals surface area contributed by atoms with Gasteiger partial charge >= 0.3 is 5.97 Å². The molecule has 1 aliphatic heterocycles. The number of sulfonamides is 1. The van der Waals surface area contributed by atoms with Crippen LogP contribution in [-0.2, 0) is 19.6 Å². The van der Waals surface area contributed by atoms with E-state index in [2.05, 4.69) is 19.5 Å². The summed E-state index contributed by atoms with van der Waals surface area (Å²) in [6, 6.07) is 10.9. The zero-order valence-electron chi connectivity index (χ0n) is 20.0. The number of hydrogen-bond acceptors (Lipinski definition) is 8. The van der Waals surface area contributed by atoms with Crippen molar-refractivity contribution >= 4 is 27.4 Å². The molecule has 1 N–H and O–H groups in total. The summed E-state index contributed by atoms with van der Waals surface area (Å²) in [5.74, 6) is 0.0318. The van der Waals surface area contributed by atoms with Crippen molar-refractivity contribution < 1.29 is 22.7 Å². The number of esters is 1. The quantitative estimate of drug-likeness (QED) is 0.480. The van der Waals surface area contributed by atoms with E-state index in [1.165, 1.54) is 12.8 Å². The van der Waals surface area contributed by atoms with E-state index in [0.29, 0.717) is 12.2 Å². The van der Waals surface area contributed by atoms with Crippen LogP contribution >= 0.6 is 0 Å². The van der Waals surface area contributed by atoms with Crippen molar-refractivity contribution in [3.63, 3.8) is 0 Å². The van der Waals surface area contributed by atoms with Crippen LogP contribution in [-0.4, -0.2) is 70.6 Å². The van der Waals surface area contributed by atoms with Gasteiger partial charge in [-0.05, 0) is 49.7 Å². The minimum Gasteiger partial charge on any atom is -0.494 e. The Bertz CT molecular complexity index is 1010. The second-order valence-corrected chi connectivity index (χ2v) is 10.4. The van der Waals surface area contributed by atoms with Crippen molar-refractivity contribution in [1.82, 2.24) is 9.71 Å². The number of pyridine rings is 1. The Labute approximate surface area is 202 Å². The highest BCUT2D eigenvalue weighted by molar-refractivity contribution is 7.90. The average molecular weight is 491 g/mol. The molecule has 2 aromatic rings. The number of rotatable bonds is 11. The van der Waals surface area contributed by atoms with E-state index in [0.717, 1.165) is 31.9 Å². The van der Waals surface area contributed by atoms with Crippen molar-refractivity contribution in [3.8, 4) is 5.75 Å². The molecular formula is C24H34N4O5S. The van der Waals surface area contributed by atoms with Gasteiger partial charge < -0.3 is 19.3 Å². The first kappa shape index (κ1) is 25.8. The number of carbonyl (C=O) groups excluding carboxylic acids is 1. The second kappa shape index (κ2) is 12.0. The summed E-state index contributed by atoms with van der Waals surface area (Å²) in [7, 11) is -2.38. The molecule has 0 radical (unpaired) electrons. The molecule has 1 aliphatic rings. The van der Waals surface area contributed by atoms with Crippen molar-refractivity contribution in [2.45, 2.75) is 38.0 Å². The molecule has 2 heterocycles. The van der Waals surface area contributed by atoms with E-state index >= 15 is 0 Å². The molecule has 0 saturated carbocycles. The maximum absolute atomic E-state index is 12.3. The van der Waals surface area contributed by atoms with Crippen LogP contribution in [0.25, 0.3) is 0 Å². The van der Waals surface area contributed by atoms with Crippen molar-refractivity contribution in [1.29, 1.82) is 0 Å². The third-order valence-electron chi connectivity index (χ3n) is 6.08. The summed E-state index contributed by atoms with van der Waals surface area (Å²) in [5, 5.41) is -0.598. The first-order valence-corrected chi connectivity index (χ1v) is 13.1. The van der Waals surface area contributed by atoms with E-state index in [1.54, 1.807) is 13.8 Å². The summed E-state index contributed by atoms with van der Waals surface area (Å²) in [6.07, 6.45) is 4.25. The lowest BCUT2D eigenvalue weighted by Crippen LogP contribution is -2.46. The van der Waals surface area contributed by atoms with Gasteiger partial charge in [0.1, 0.15) is 11.8 Å². The van der Waals surface area contributed by atoms with E-state index in [9.17, 15) is 13.2 Å². The fourth-order valence-electron chi connectivity index (χ4n) is 3.73. The number of ether oxygens (including phenoxy) is 2. The molecule has 1 saturated heterocycles. The van der Waals surface area contributed by atoms with Crippen LogP contribution in [0.15, 0.2) is 48.8 Å². The molecule has 0 spiro atoms. The summed E-state index contributed by atoms with van der Waals surface area (Å²) in [4.78, 5) is 20.8. The maximum atomic E-state index is 12.3. The molecule has 0 bridgehead atoms. The Morgan fingerprint density at radius 1 is 1.03 bits per heavy atom. The third kappa shape index (κ3) is 6.83. The number of benzene rings is 1. The van der Waals surface area contributed by atoms with Crippen molar-refractivity contribution in [3.05, 3.63) is 48.8 Å². The average Bonchev–Trinajstić information content (AvgIpc) is 2.88. The molecule has 10 heteroatoms. The normalized spacial score (nSPS) is 16.1. The van der Waals surface area contributed by atoms with Crippen LogP contribution in [0, 0.1) is 0 Å². The molecule has 9 nitrogen and oxygen atoms in total. The van der Waals surface area contributed by atoms with Gasteiger partial charge in [-0.25, -0.2) is 13.1 Å². The summed E-state index contributed by atoms with van der Waals surface area (Å²) >= 11 is 0. The van der Waals surface area contributed by atoms with Crippen LogP contribution in [0.2, 0.25) is 0 Å². The number of piperazine rings is 1. The van der Waals surface area contributed by atoms with Crippen molar-refractivity contribution in [2.75, 3.05) is 49.7 Å². The SMILES string of the molecule is CCC(C)S(=O)(=O)NC(CCOc1ccc(N2CCN(c3ccncc3)CC2)cc1)C(=O)OC. The lowest BCUT2D eigenvalue weighted by Gasteiger charge is -2.37. The number of nitrogens with zero attached hydrogens (tertiary/aromatic N) is 3. The van der Waals surface area contributed by atoms with Gasteiger partial charge in [-0.15, -0.1) is 0 Å². The minimum absolute atomic E-state index is 0.168. The largest absolute Gasteiger partial charge is 0.494 e. The summed E-state index contributed by atoms with van der Waals surface area (Å²) in [6.45, 7) is 7.26. The minimum atomic E-state index is -3.62. The van der Waals surface area contributed by atoms with Gasteiger partial charge in [0.15, 0.2) is 0 Å². The monoisotopic (exact) mass is 490 g/mol. The molecule has 1 fully saturated rings. The van der Waals surface area contributed by atoms with Gasteiger partial charge in [0.2, 0.25) is 10.0 Å². The maximum Gasteiger partial charge on any atom is 0.324 e. The molecule has 186 valence electrons. The second-order valence-electron chi connectivity index (χ2n) is 8.27. The van der Waals surface area contributed by atoms with E-state index in [1.807, 2.05) is 48.8 Å². The van der Waals surface area contributed by atoms with Crippen LogP contribution < -0.4 is 19.3 Å². The molecule has 0 amide bonds. The molecule has 0 aliphatic carbocycles. The number of nitrogens with one attached hydrogen (secondary N) is 1. The Morgan fingerprint density at radius 2 is 1.59 bits per heavy atom. The van der Waals surface area contributed by atoms with E-state index in [4.69, 9.17) is 9.47 Å². The standard InChI is InChI=1S/C24H34N4O5S/c1-4-19(2)34(30,31)26-23(24(29)32-3)11-18-33-22-7-5-20(6-8-22)27-14-16-28(17-15-27)21-9-12-25-13-10-21/h5-10,12-13,19,23,26H,4,11,14-18H2,1-3H3. The first-order valence-electron chi connectivity index (χ1n) is 11.6. The molecule has 34 heavy (non-hydrogen) atoms. The zero-order valence-corrected chi connectivity index (χ0v) is 20.8. The molecule has 1 aromatic carbocycles. The number of anilines is 2. The Hall–Kier alpha value is -2.85. The predicted octanol–water partition coefficient (Wildman–Crippen LogP) is 2.44. The van der Waals surface area contributed by atoms with Crippen LogP contribution in [0.5, 0.6) is 5.75 Å². The Balaban J connectivity index is 1.50. The highest BCUT2D eigenvalue weighted by Crippen LogP contribution is 2.23. The van der Waals surface area contributed by atoms with Crippen molar-refractivity contribution in [2.24, 2.45) is 0 Å². The number of aromatic nitrogens is 1. The van der Waals surface area contributed by atoms with E-state index in [-0.39, 0.29) is 13.0 Å². The number of hydrogen-bond donors (Lipinski definition) is 1. The summed E-state index contributed by atoms with van der Waals surface area (Å²) < 4.78 is 37.7. The zero-order chi connectivity index (χ0) is 24.6. The van der Waals surface area contributed by atoms with Gasteiger partial charge in [-0.1, -0.05) is 6.92 Å². The number of methoxy groups -OCH3 is 1. The predicted molar refractivity (Wildman–Crippen MR) is 133 cm³/mol. The lowest BCUT2D eigenvalue weighted by atomic mass is 10.2. The lowest BCUT2D eigenvalue weighted by molar-refractivity contribution is -0.142. The van der Waals surface area contributed by atoms with Gasteiger partial charge in [-0.2, -0.15) is 0 Å². The molecule has 1 aromatic heterocycles. The van der Waals surface area contributed by atoms with Crippen LogP contribution in [0.3, 0.4) is 0 Å². The fraction of sp³-hybridized carbons (Fsp3) is 0.500. The molecule has 2 atom stereocenters. The molecule has 2 unspecified atom stereocenters. The third-order valence-corrected chi connectivity index (χ3v) is 8.09. The molecule has 3 rings (SSSR count). The summed E-state index contributed by atoms with van der Waals surface area (Å²) in [5.41, 5.74) is 2.31.